The third kappa shape index (κ3) is 3.15. The molecule has 2 heterocycles. The predicted molar refractivity (Wildman–Crippen MR) is 94.2 cm³/mol. The van der Waals surface area contributed by atoms with Crippen LogP contribution in [0, 0.1) is 0 Å². The summed E-state index contributed by atoms with van der Waals surface area (Å²) < 4.78 is 1.87. The maximum atomic E-state index is 12.7. The van der Waals surface area contributed by atoms with Crippen LogP contribution in [0.5, 0.6) is 0 Å². The van der Waals surface area contributed by atoms with E-state index in [2.05, 4.69) is 25.6 Å². The number of carbonyl (C=O) groups excluding carboxylic acids is 1. The number of amides is 1. The minimum absolute atomic E-state index is 0.275. The van der Waals surface area contributed by atoms with Crippen LogP contribution in [-0.4, -0.2) is 30.9 Å². The zero-order valence-electron chi connectivity index (χ0n) is 13.5. The molecule has 3 aromatic rings. The zero-order valence-corrected chi connectivity index (χ0v) is 14.3. The Morgan fingerprint density at radius 1 is 1.16 bits per heavy atom. The number of hydrogen-bond donors (Lipinski definition) is 2. The Hall–Kier alpha value is -2.67. The van der Waals surface area contributed by atoms with Gasteiger partial charge in [0.1, 0.15) is 6.33 Å². The van der Waals surface area contributed by atoms with Crippen LogP contribution in [0.4, 0.5) is 5.95 Å². The maximum Gasteiger partial charge on any atom is 0.278 e. The lowest BCUT2D eigenvalue weighted by molar-refractivity contribution is 0.102. The SMILES string of the molecule is O=C(Nc1ncn[nH]1)c1nn(-c2ccc(Cl)cc2)c2c1CCCCC2. The molecule has 0 fully saturated rings. The van der Waals surface area contributed by atoms with Gasteiger partial charge in [0, 0.05) is 16.3 Å². The molecular weight excluding hydrogens is 340 g/mol. The summed E-state index contributed by atoms with van der Waals surface area (Å²) in [6.45, 7) is 0. The van der Waals surface area contributed by atoms with Gasteiger partial charge in [0.2, 0.25) is 5.95 Å². The summed E-state index contributed by atoms with van der Waals surface area (Å²) in [6, 6.07) is 7.49. The molecule has 25 heavy (non-hydrogen) atoms. The van der Waals surface area contributed by atoms with Crippen LogP contribution in [0.25, 0.3) is 5.69 Å². The van der Waals surface area contributed by atoms with Crippen LogP contribution < -0.4 is 5.32 Å². The second-order valence-corrected chi connectivity index (χ2v) is 6.45. The van der Waals surface area contributed by atoms with Gasteiger partial charge in [0.25, 0.3) is 5.91 Å². The average molecular weight is 357 g/mol. The fourth-order valence-corrected chi connectivity index (χ4v) is 3.31. The van der Waals surface area contributed by atoms with Crippen LogP contribution in [0.3, 0.4) is 0 Å². The molecule has 8 heteroatoms. The van der Waals surface area contributed by atoms with Gasteiger partial charge in [-0.3, -0.25) is 10.1 Å². The topological polar surface area (TPSA) is 88.5 Å². The highest BCUT2D eigenvalue weighted by molar-refractivity contribution is 6.30. The molecule has 0 unspecified atom stereocenters. The zero-order chi connectivity index (χ0) is 17.2. The van der Waals surface area contributed by atoms with Gasteiger partial charge in [-0.05, 0) is 49.9 Å². The molecule has 0 saturated heterocycles. The summed E-state index contributed by atoms with van der Waals surface area (Å²) >= 11 is 5.99. The first-order chi connectivity index (χ1) is 12.2. The Kier molecular flexibility index (Phi) is 4.23. The summed E-state index contributed by atoms with van der Waals surface area (Å²) in [6.07, 6.45) is 6.40. The number of H-pyrrole nitrogens is 1. The quantitative estimate of drug-likeness (QED) is 0.705. The number of hydrogen-bond acceptors (Lipinski definition) is 4. The van der Waals surface area contributed by atoms with E-state index in [4.69, 9.17) is 11.6 Å². The Balaban J connectivity index is 1.76. The van der Waals surface area contributed by atoms with Crippen molar-refractivity contribution in [3.8, 4) is 5.69 Å². The fraction of sp³-hybridized carbons (Fsp3) is 0.294. The van der Waals surface area contributed by atoms with Crippen molar-refractivity contribution in [1.29, 1.82) is 0 Å². The first-order valence-electron chi connectivity index (χ1n) is 8.26. The van der Waals surface area contributed by atoms with E-state index in [0.717, 1.165) is 49.0 Å². The van der Waals surface area contributed by atoms with E-state index in [-0.39, 0.29) is 5.91 Å². The third-order valence-corrected chi connectivity index (χ3v) is 4.62. The molecule has 2 N–H and O–H groups in total. The normalized spacial score (nSPS) is 14.0. The van der Waals surface area contributed by atoms with Gasteiger partial charge in [-0.2, -0.15) is 15.2 Å². The lowest BCUT2D eigenvalue weighted by Crippen LogP contribution is -2.16. The maximum absolute atomic E-state index is 12.7. The summed E-state index contributed by atoms with van der Waals surface area (Å²) in [4.78, 5) is 16.6. The highest BCUT2D eigenvalue weighted by Crippen LogP contribution is 2.27. The van der Waals surface area contributed by atoms with Crippen molar-refractivity contribution in [3.05, 3.63) is 52.6 Å². The Morgan fingerprint density at radius 3 is 2.72 bits per heavy atom. The van der Waals surface area contributed by atoms with E-state index in [9.17, 15) is 4.79 Å². The number of benzene rings is 1. The lowest BCUT2D eigenvalue weighted by atomic mass is 10.1. The van der Waals surface area contributed by atoms with Gasteiger partial charge in [0.05, 0.1) is 5.69 Å². The first-order valence-corrected chi connectivity index (χ1v) is 8.63. The molecule has 0 saturated carbocycles. The highest BCUT2D eigenvalue weighted by Gasteiger charge is 2.25. The number of halogens is 1. The van der Waals surface area contributed by atoms with Crippen molar-refractivity contribution in [3.63, 3.8) is 0 Å². The number of anilines is 1. The summed E-state index contributed by atoms with van der Waals surface area (Å²) in [5.41, 5.74) is 3.47. The number of fused-ring (bicyclic) bond motifs is 1. The highest BCUT2D eigenvalue weighted by atomic mass is 35.5. The standard InChI is InChI=1S/C17H17ClN6O/c18-11-6-8-12(9-7-11)24-14-5-3-1-2-4-13(14)15(23-24)16(25)21-17-19-10-20-22-17/h6-10H,1-5H2,(H2,19,20,21,22,25). The molecule has 7 nitrogen and oxygen atoms in total. The van der Waals surface area contributed by atoms with Gasteiger partial charge in [-0.25, -0.2) is 9.78 Å². The molecular formula is C17H17ClN6O. The van der Waals surface area contributed by atoms with Gasteiger partial charge in [0.15, 0.2) is 5.69 Å². The average Bonchev–Trinajstić information content (AvgIpc) is 3.17. The molecule has 128 valence electrons. The van der Waals surface area contributed by atoms with Gasteiger partial charge in [-0.1, -0.05) is 18.0 Å². The molecule has 4 rings (SSSR count). The van der Waals surface area contributed by atoms with Crippen molar-refractivity contribution in [2.45, 2.75) is 32.1 Å². The van der Waals surface area contributed by atoms with E-state index >= 15 is 0 Å². The monoisotopic (exact) mass is 356 g/mol. The molecule has 0 bridgehead atoms. The first kappa shape index (κ1) is 15.8. The van der Waals surface area contributed by atoms with Crippen molar-refractivity contribution in [1.82, 2.24) is 25.0 Å². The van der Waals surface area contributed by atoms with Crippen molar-refractivity contribution in [2.24, 2.45) is 0 Å². The molecule has 1 aromatic carbocycles. The summed E-state index contributed by atoms with van der Waals surface area (Å²) in [5.74, 6) is 0.0380. The number of aromatic nitrogens is 5. The number of carbonyl (C=O) groups is 1. The number of nitrogens with one attached hydrogen (secondary N) is 2. The Bertz CT molecular complexity index is 885. The number of rotatable bonds is 3. The smallest absolute Gasteiger partial charge is 0.278 e. The van der Waals surface area contributed by atoms with Crippen LogP contribution in [0.1, 0.15) is 41.0 Å². The minimum Gasteiger partial charge on any atom is -0.289 e. The van der Waals surface area contributed by atoms with Crippen LogP contribution in [-0.2, 0) is 12.8 Å². The van der Waals surface area contributed by atoms with Crippen LogP contribution in [0.15, 0.2) is 30.6 Å². The number of nitrogens with zero attached hydrogens (tertiary/aromatic N) is 4. The van der Waals surface area contributed by atoms with E-state index in [0.29, 0.717) is 16.7 Å². The molecule has 2 aromatic heterocycles. The second kappa shape index (κ2) is 6.68. The second-order valence-electron chi connectivity index (χ2n) is 6.01. The molecule has 1 aliphatic carbocycles. The largest absolute Gasteiger partial charge is 0.289 e. The molecule has 1 amide bonds. The Morgan fingerprint density at radius 2 is 1.96 bits per heavy atom. The molecule has 1 aliphatic rings. The summed E-state index contributed by atoms with van der Waals surface area (Å²) in [7, 11) is 0. The number of aromatic amines is 1. The van der Waals surface area contributed by atoms with Gasteiger partial charge in [-0.15, -0.1) is 0 Å². The van der Waals surface area contributed by atoms with Crippen molar-refractivity contribution in [2.75, 3.05) is 5.32 Å². The molecule has 0 aliphatic heterocycles. The molecule has 0 atom stereocenters. The van der Waals surface area contributed by atoms with Crippen LogP contribution in [0.2, 0.25) is 5.02 Å². The lowest BCUT2D eigenvalue weighted by Gasteiger charge is -2.07. The van der Waals surface area contributed by atoms with Gasteiger partial charge < -0.3 is 0 Å². The Labute approximate surface area is 149 Å². The van der Waals surface area contributed by atoms with Crippen LogP contribution >= 0.6 is 11.6 Å². The van der Waals surface area contributed by atoms with E-state index in [1.54, 1.807) is 0 Å². The summed E-state index contributed by atoms with van der Waals surface area (Å²) in [5, 5.41) is 14.4. The minimum atomic E-state index is -0.275. The van der Waals surface area contributed by atoms with E-state index in [1.165, 1.54) is 6.33 Å². The third-order valence-electron chi connectivity index (χ3n) is 4.36. The molecule has 0 spiro atoms. The van der Waals surface area contributed by atoms with Crippen molar-refractivity contribution >= 4 is 23.5 Å². The predicted octanol–water partition coefficient (Wildman–Crippen LogP) is 3.17. The fourth-order valence-electron chi connectivity index (χ4n) is 3.19. The van der Waals surface area contributed by atoms with E-state index < -0.39 is 0 Å². The van der Waals surface area contributed by atoms with Crippen molar-refractivity contribution < 1.29 is 4.79 Å². The van der Waals surface area contributed by atoms with Gasteiger partial charge >= 0.3 is 0 Å². The molecule has 0 radical (unpaired) electrons. The van der Waals surface area contributed by atoms with E-state index in [1.807, 2.05) is 28.9 Å².